The molecule has 0 aliphatic rings. The van der Waals surface area contributed by atoms with Crippen LogP contribution in [-0.2, 0) is 0 Å². The number of nitrogens with zero attached hydrogens (tertiary/aromatic N) is 4. The summed E-state index contributed by atoms with van der Waals surface area (Å²) in [6.07, 6.45) is 0. The molecule has 4 heteroatoms. The van der Waals surface area contributed by atoms with E-state index < -0.39 is 0 Å². The maximum absolute atomic E-state index is 3.99. The Bertz CT molecular complexity index is 507. The minimum atomic E-state index is 0.266. The van der Waals surface area contributed by atoms with E-state index in [0.717, 1.165) is 11.4 Å². The number of azo groups is 2. The SMILES string of the molecule is C=C(N=Nc1ccccc1)N=Nc1ccccc1. The number of benzene rings is 2. The molecular weight excluding hydrogens is 224 g/mol. The molecule has 2 aromatic carbocycles. The first-order valence-corrected chi connectivity index (χ1v) is 5.47. The summed E-state index contributed by atoms with van der Waals surface area (Å²) in [4.78, 5) is 0. The van der Waals surface area contributed by atoms with Crippen molar-refractivity contribution >= 4 is 11.4 Å². The standard InChI is InChI=1S/C14H12N4/c1-12(15-17-13-8-4-2-5-9-13)16-18-14-10-6-3-7-11-14/h2-11H,1H2. The van der Waals surface area contributed by atoms with Crippen molar-refractivity contribution in [1.82, 2.24) is 0 Å². The van der Waals surface area contributed by atoms with E-state index in [1.807, 2.05) is 60.7 Å². The van der Waals surface area contributed by atoms with E-state index in [4.69, 9.17) is 0 Å². The molecular formula is C14H12N4. The molecule has 0 N–H and O–H groups in total. The summed E-state index contributed by atoms with van der Waals surface area (Å²) >= 11 is 0. The Balaban J connectivity index is 1.97. The third-order valence-electron chi connectivity index (χ3n) is 2.07. The zero-order valence-electron chi connectivity index (χ0n) is 9.77. The molecule has 0 spiro atoms. The fourth-order valence-corrected chi connectivity index (χ4v) is 1.24. The third kappa shape index (κ3) is 3.75. The number of hydrogen-bond donors (Lipinski definition) is 0. The van der Waals surface area contributed by atoms with Gasteiger partial charge in [0.2, 0.25) is 0 Å². The Hall–Kier alpha value is -2.62. The maximum atomic E-state index is 3.99. The summed E-state index contributed by atoms with van der Waals surface area (Å²) in [5.74, 6) is 0.266. The number of hydrogen-bond acceptors (Lipinski definition) is 4. The van der Waals surface area contributed by atoms with Gasteiger partial charge in [0, 0.05) is 0 Å². The first-order valence-electron chi connectivity index (χ1n) is 5.47. The monoisotopic (exact) mass is 236 g/mol. The highest BCUT2D eigenvalue weighted by Crippen LogP contribution is 2.15. The Labute approximate surface area is 105 Å². The van der Waals surface area contributed by atoms with Crippen molar-refractivity contribution in [2.45, 2.75) is 0 Å². The zero-order valence-corrected chi connectivity index (χ0v) is 9.77. The maximum Gasteiger partial charge on any atom is 0.189 e. The predicted octanol–water partition coefficient (Wildman–Crippen LogP) is 5.03. The van der Waals surface area contributed by atoms with Crippen LogP contribution in [-0.4, -0.2) is 0 Å². The van der Waals surface area contributed by atoms with E-state index in [-0.39, 0.29) is 5.82 Å². The van der Waals surface area contributed by atoms with E-state index in [2.05, 4.69) is 27.0 Å². The smallest absolute Gasteiger partial charge is 0.149 e. The van der Waals surface area contributed by atoms with Gasteiger partial charge in [-0.05, 0) is 24.3 Å². The summed E-state index contributed by atoms with van der Waals surface area (Å²) in [6, 6.07) is 18.8. The Kier molecular flexibility index (Phi) is 4.08. The normalized spacial score (nSPS) is 11.1. The van der Waals surface area contributed by atoms with E-state index in [0.29, 0.717) is 0 Å². The molecule has 18 heavy (non-hydrogen) atoms. The van der Waals surface area contributed by atoms with Crippen LogP contribution in [0.4, 0.5) is 11.4 Å². The van der Waals surface area contributed by atoms with Crippen LogP contribution < -0.4 is 0 Å². The van der Waals surface area contributed by atoms with Crippen molar-refractivity contribution in [3.8, 4) is 0 Å². The van der Waals surface area contributed by atoms with Crippen LogP contribution in [0.1, 0.15) is 0 Å². The topological polar surface area (TPSA) is 49.4 Å². The average molecular weight is 236 g/mol. The van der Waals surface area contributed by atoms with Gasteiger partial charge in [0.25, 0.3) is 0 Å². The molecule has 2 aromatic rings. The summed E-state index contributed by atoms with van der Waals surface area (Å²) in [5.41, 5.74) is 1.52. The summed E-state index contributed by atoms with van der Waals surface area (Å²) < 4.78 is 0. The highest BCUT2D eigenvalue weighted by atomic mass is 15.2. The lowest BCUT2D eigenvalue weighted by molar-refractivity contribution is 1.03. The van der Waals surface area contributed by atoms with Gasteiger partial charge in [-0.2, -0.15) is 0 Å². The van der Waals surface area contributed by atoms with Gasteiger partial charge in [0.15, 0.2) is 5.82 Å². The van der Waals surface area contributed by atoms with Crippen molar-refractivity contribution in [1.29, 1.82) is 0 Å². The van der Waals surface area contributed by atoms with Crippen molar-refractivity contribution in [2.75, 3.05) is 0 Å². The molecule has 0 amide bonds. The van der Waals surface area contributed by atoms with Crippen LogP contribution >= 0.6 is 0 Å². The molecule has 0 radical (unpaired) electrons. The average Bonchev–Trinajstić information content (AvgIpc) is 2.45. The van der Waals surface area contributed by atoms with E-state index in [1.54, 1.807) is 0 Å². The van der Waals surface area contributed by atoms with Crippen LogP contribution in [0.2, 0.25) is 0 Å². The zero-order chi connectivity index (χ0) is 12.6. The third-order valence-corrected chi connectivity index (χ3v) is 2.07. The Morgan fingerprint density at radius 1 is 0.667 bits per heavy atom. The molecule has 0 saturated heterocycles. The second-order valence-corrected chi connectivity index (χ2v) is 3.49. The molecule has 0 atom stereocenters. The quantitative estimate of drug-likeness (QED) is 0.669. The fraction of sp³-hybridized carbons (Fsp3) is 0. The lowest BCUT2D eigenvalue weighted by atomic mass is 10.3. The second kappa shape index (κ2) is 6.20. The predicted molar refractivity (Wildman–Crippen MR) is 71.1 cm³/mol. The fourth-order valence-electron chi connectivity index (χ4n) is 1.24. The van der Waals surface area contributed by atoms with Crippen LogP contribution in [0.3, 0.4) is 0 Å². The van der Waals surface area contributed by atoms with Crippen molar-refractivity contribution in [3.05, 3.63) is 73.1 Å². The first kappa shape index (κ1) is 11.9. The van der Waals surface area contributed by atoms with Gasteiger partial charge >= 0.3 is 0 Å². The van der Waals surface area contributed by atoms with E-state index in [1.165, 1.54) is 0 Å². The molecule has 0 aromatic heterocycles. The molecule has 0 aliphatic heterocycles. The highest BCUT2D eigenvalue weighted by molar-refractivity contribution is 5.35. The van der Waals surface area contributed by atoms with Gasteiger partial charge in [-0.25, -0.2) is 0 Å². The molecule has 0 unspecified atom stereocenters. The summed E-state index contributed by atoms with van der Waals surface area (Å²) in [5, 5.41) is 15.7. The molecule has 0 aliphatic carbocycles. The van der Waals surface area contributed by atoms with Crippen LogP contribution in [0.5, 0.6) is 0 Å². The summed E-state index contributed by atoms with van der Waals surface area (Å²) in [7, 11) is 0. The summed E-state index contributed by atoms with van der Waals surface area (Å²) in [6.45, 7) is 3.66. The molecule has 0 heterocycles. The molecule has 4 nitrogen and oxygen atoms in total. The minimum Gasteiger partial charge on any atom is -0.149 e. The first-order chi connectivity index (χ1) is 8.84. The lowest BCUT2D eigenvalue weighted by Gasteiger charge is -1.91. The van der Waals surface area contributed by atoms with Crippen LogP contribution in [0, 0.1) is 0 Å². The van der Waals surface area contributed by atoms with Crippen LogP contribution in [0.15, 0.2) is 93.5 Å². The van der Waals surface area contributed by atoms with Crippen molar-refractivity contribution in [2.24, 2.45) is 20.5 Å². The second-order valence-electron chi connectivity index (χ2n) is 3.49. The van der Waals surface area contributed by atoms with Crippen molar-refractivity contribution < 1.29 is 0 Å². The van der Waals surface area contributed by atoms with Gasteiger partial charge in [-0.1, -0.05) is 43.0 Å². The van der Waals surface area contributed by atoms with E-state index in [9.17, 15) is 0 Å². The molecule has 0 saturated carbocycles. The van der Waals surface area contributed by atoms with Gasteiger partial charge in [-0.3, -0.25) is 0 Å². The van der Waals surface area contributed by atoms with E-state index >= 15 is 0 Å². The molecule has 88 valence electrons. The highest BCUT2D eigenvalue weighted by Gasteiger charge is 1.89. The Morgan fingerprint density at radius 3 is 1.44 bits per heavy atom. The van der Waals surface area contributed by atoms with Gasteiger partial charge in [-0.15, -0.1) is 20.5 Å². The van der Waals surface area contributed by atoms with Crippen LogP contribution in [0.25, 0.3) is 0 Å². The minimum absolute atomic E-state index is 0.266. The molecule has 0 bridgehead atoms. The van der Waals surface area contributed by atoms with Crippen molar-refractivity contribution in [3.63, 3.8) is 0 Å². The number of rotatable bonds is 4. The van der Waals surface area contributed by atoms with Gasteiger partial charge in [0.1, 0.15) is 0 Å². The van der Waals surface area contributed by atoms with Gasteiger partial charge < -0.3 is 0 Å². The lowest BCUT2D eigenvalue weighted by Crippen LogP contribution is -1.67. The Morgan fingerprint density at radius 2 is 1.06 bits per heavy atom. The molecule has 2 rings (SSSR count). The van der Waals surface area contributed by atoms with Gasteiger partial charge in [0.05, 0.1) is 11.4 Å². The largest absolute Gasteiger partial charge is 0.189 e. The molecule has 0 fully saturated rings.